The number of hydrogen-bond acceptors (Lipinski definition) is 7. The minimum absolute atomic E-state index is 0.0588. The van der Waals surface area contributed by atoms with Crippen molar-refractivity contribution in [2.24, 2.45) is 0 Å². The van der Waals surface area contributed by atoms with Crippen molar-refractivity contribution >= 4 is 11.8 Å². The zero-order valence-electron chi connectivity index (χ0n) is 15.4. The van der Waals surface area contributed by atoms with Crippen LogP contribution in [0, 0.1) is 12.7 Å². The number of hydrogen-bond donors (Lipinski definition) is 0. The maximum absolute atomic E-state index is 13.7. The fourth-order valence-electron chi connectivity index (χ4n) is 2.14. The van der Waals surface area contributed by atoms with Gasteiger partial charge in [-0.15, -0.1) is 11.8 Å². The van der Waals surface area contributed by atoms with Crippen LogP contribution in [-0.4, -0.2) is 20.3 Å². The molecular formula is C18H21FN4O2S. The van der Waals surface area contributed by atoms with E-state index in [0.29, 0.717) is 40.3 Å². The van der Waals surface area contributed by atoms with Crippen molar-refractivity contribution in [1.29, 1.82) is 0 Å². The number of aromatic nitrogens is 4. The zero-order valence-corrected chi connectivity index (χ0v) is 16.2. The van der Waals surface area contributed by atoms with Gasteiger partial charge in [-0.05, 0) is 25.5 Å². The van der Waals surface area contributed by atoms with Gasteiger partial charge in [0.2, 0.25) is 17.6 Å². The summed E-state index contributed by atoms with van der Waals surface area (Å²) < 4.78 is 24.3. The lowest BCUT2D eigenvalue weighted by atomic mass is 9.96. The summed E-state index contributed by atoms with van der Waals surface area (Å²) in [5.74, 6) is 2.35. The van der Waals surface area contributed by atoms with Gasteiger partial charge in [0, 0.05) is 11.0 Å². The molecule has 26 heavy (non-hydrogen) atoms. The van der Waals surface area contributed by atoms with Gasteiger partial charge in [0.25, 0.3) is 0 Å². The van der Waals surface area contributed by atoms with Crippen LogP contribution in [0.5, 0.6) is 0 Å². The summed E-state index contributed by atoms with van der Waals surface area (Å²) in [6.45, 7) is 9.77. The van der Waals surface area contributed by atoms with Gasteiger partial charge < -0.3 is 9.05 Å². The number of nitrogens with zero attached hydrogens (tertiary/aromatic N) is 4. The monoisotopic (exact) mass is 376 g/mol. The van der Waals surface area contributed by atoms with Gasteiger partial charge in [0.1, 0.15) is 5.82 Å². The molecule has 0 aliphatic heterocycles. The van der Waals surface area contributed by atoms with Crippen LogP contribution >= 0.6 is 11.8 Å². The summed E-state index contributed by atoms with van der Waals surface area (Å²) in [5, 5.41) is 7.90. The molecule has 3 aromatic rings. The molecule has 1 aromatic carbocycles. The Morgan fingerprint density at radius 2 is 1.92 bits per heavy atom. The second-order valence-corrected chi connectivity index (χ2v) is 8.46. The van der Waals surface area contributed by atoms with E-state index in [1.165, 1.54) is 6.07 Å². The van der Waals surface area contributed by atoms with Crippen LogP contribution in [0.3, 0.4) is 0 Å². The minimum Gasteiger partial charge on any atom is -0.338 e. The van der Waals surface area contributed by atoms with Crippen LogP contribution < -0.4 is 0 Å². The molecule has 0 radical (unpaired) electrons. The predicted octanol–water partition coefficient (Wildman–Crippen LogP) is 4.86. The average Bonchev–Trinajstić information content (AvgIpc) is 3.24. The first-order valence-electron chi connectivity index (χ1n) is 8.29. The molecule has 0 amide bonds. The molecule has 138 valence electrons. The Kier molecular flexibility index (Phi) is 5.13. The quantitative estimate of drug-likeness (QED) is 0.629. The van der Waals surface area contributed by atoms with Crippen LogP contribution in [0.2, 0.25) is 0 Å². The molecule has 2 heterocycles. The molecule has 3 rings (SSSR count). The van der Waals surface area contributed by atoms with E-state index in [9.17, 15) is 4.39 Å². The number of halogens is 1. The van der Waals surface area contributed by atoms with E-state index in [4.69, 9.17) is 9.05 Å². The Morgan fingerprint density at radius 3 is 2.58 bits per heavy atom. The van der Waals surface area contributed by atoms with Crippen LogP contribution in [-0.2, 0) is 11.2 Å². The number of benzene rings is 1. The van der Waals surface area contributed by atoms with Crippen molar-refractivity contribution in [3.05, 3.63) is 47.2 Å². The third kappa shape index (κ3) is 4.12. The number of thioether (sulfide) groups is 1. The highest BCUT2D eigenvalue weighted by atomic mass is 32.2. The molecule has 8 heteroatoms. The fraction of sp³-hybridized carbons (Fsp3) is 0.444. The van der Waals surface area contributed by atoms with E-state index in [1.54, 1.807) is 30.8 Å². The lowest BCUT2D eigenvalue weighted by molar-refractivity contribution is 0.371. The van der Waals surface area contributed by atoms with E-state index < -0.39 is 0 Å². The highest BCUT2D eigenvalue weighted by Crippen LogP contribution is 2.31. The van der Waals surface area contributed by atoms with Crippen LogP contribution in [0.25, 0.3) is 11.4 Å². The minimum atomic E-state index is -0.290. The summed E-state index contributed by atoms with van der Waals surface area (Å²) in [7, 11) is 0. The molecule has 0 saturated heterocycles. The summed E-state index contributed by atoms with van der Waals surface area (Å²) in [6.07, 6.45) is 0. The Labute approximate surface area is 155 Å². The maximum atomic E-state index is 13.7. The van der Waals surface area contributed by atoms with Crippen molar-refractivity contribution in [2.75, 3.05) is 0 Å². The van der Waals surface area contributed by atoms with E-state index in [-0.39, 0.29) is 16.5 Å². The number of aryl methyl sites for hydroxylation is 1. The Hall–Kier alpha value is -2.22. The van der Waals surface area contributed by atoms with Gasteiger partial charge in [-0.1, -0.05) is 43.2 Å². The van der Waals surface area contributed by atoms with Gasteiger partial charge in [-0.3, -0.25) is 0 Å². The standard InChI is InChI=1S/C18H21FN4O2S/c1-10-6-7-12(8-13(10)19)15-21-16(25-22-15)11(2)26-9-14-20-17(23-24-14)18(3,4)5/h6-8,11H,9H2,1-5H3/t11-/m1/s1. The zero-order chi connectivity index (χ0) is 18.9. The molecule has 6 nitrogen and oxygen atoms in total. The van der Waals surface area contributed by atoms with Gasteiger partial charge in [0.05, 0.1) is 11.0 Å². The lowest BCUT2D eigenvalue weighted by Crippen LogP contribution is -2.13. The fourth-order valence-corrected chi connectivity index (χ4v) is 2.88. The lowest BCUT2D eigenvalue weighted by Gasteiger charge is -2.10. The van der Waals surface area contributed by atoms with E-state index in [0.717, 1.165) is 0 Å². The normalized spacial score (nSPS) is 13.2. The topological polar surface area (TPSA) is 77.8 Å². The Bertz CT molecular complexity index is 901. The van der Waals surface area contributed by atoms with Crippen molar-refractivity contribution in [3.63, 3.8) is 0 Å². The third-order valence-corrected chi connectivity index (χ3v) is 4.93. The molecule has 0 bridgehead atoms. The van der Waals surface area contributed by atoms with Crippen LogP contribution in [0.1, 0.15) is 56.1 Å². The summed E-state index contributed by atoms with van der Waals surface area (Å²) in [4.78, 5) is 8.79. The van der Waals surface area contributed by atoms with Crippen molar-refractivity contribution in [2.45, 2.75) is 51.0 Å². The van der Waals surface area contributed by atoms with Gasteiger partial charge in [-0.2, -0.15) is 9.97 Å². The molecule has 0 saturated carbocycles. The first-order valence-corrected chi connectivity index (χ1v) is 9.33. The first-order chi connectivity index (χ1) is 12.2. The summed E-state index contributed by atoms with van der Waals surface area (Å²) >= 11 is 1.55. The molecule has 1 atom stereocenters. The van der Waals surface area contributed by atoms with Crippen LogP contribution in [0.15, 0.2) is 27.2 Å². The second-order valence-electron chi connectivity index (χ2n) is 7.14. The largest absolute Gasteiger partial charge is 0.338 e. The first kappa shape index (κ1) is 18.6. The third-order valence-electron chi connectivity index (χ3n) is 3.82. The second kappa shape index (κ2) is 7.19. The van der Waals surface area contributed by atoms with Gasteiger partial charge >= 0.3 is 0 Å². The van der Waals surface area contributed by atoms with E-state index in [2.05, 4.69) is 20.3 Å². The smallest absolute Gasteiger partial charge is 0.239 e. The summed E-state index contributed by atoms with van der Waals surface area (Å²) in [5.41, 5.74) is 1.02. The molecular weight excluding hydrogens is 355 g/mol. The maximum Gasteiger partial charge on any atom is 0.239 e. The Morgan fingerprint density at radius 1 is 1.15 bits per heavy atom. The van der Waals surface area contributed by atoms with E-state index in [1.807, 2.05) is 27.7 Å². The molecule has 0 spiro atoms. The summed E-state index contributed by atoms with van der Waals surface area (Å²) in [6, 6.07) is 4.88. The molecule has 0 N–H and O–H groups in total. The molecule has 0 aliphatic rings. The van der Waals surface area contributed by atoms with Crippen molar-refractivity contribution < 1.29 is 13.4 Å². The van der Waals surface area contributed by atoms with Gasteiger partial charge in [0.15, 0.2) is 5.82 Å². The Balaban J connectivity index is 1.65. The predicted molar refractivity (Wildman–Crippen MR) is 97.1 cm³/mol. The SMILES string of the molecule is Cc1ccc(-c2noc([C@@H](C)SCc3nc(C(C)(C)C)no3)n2)cc1F. The van der Waals surface area contributed by atoms with Crippen molar-refractivity contribution in [1.82, 2.24) is 20.3 Å². The van der Waals surface area contributed by atoms with Crippen molar-refractivity contribution in [3.8, 4) is 11.4 Å². The molecule has 0 fully saturated rings. The number of rotatable bonds is 5. The van der Waals surface area contributed by atoms with Crippen LogP contribution in [0.4, 0.5) is 4.39 Å². The highest BCUT2D eigenvalue weighted by molar-refractivity contribution is 7.98. The highest BCUT2D eigenvalue weighted by Gasteiger charge is 2.22. The van der Waals surface area contributed by atoms with Gasteiger partial charge in [-0.25, -0.2) is 4.39 Å². The average molecular weight is 376 g/mol. The molecule has 0 aliphatic carbocycles. The van der Waals surface area contributed by atoms with E-state index >= 15 is 0 Å². The molecule has 0 unspecified atom stereocenters. The molecule has 2 aromatic heterocycles.